The highest BCUT2D eigenvalue weighted by molar-refractivity contribution is 9.10. The van der Waals surface area contributed by atoms with Crippen LogP contribution >= 0.6 is 27.7 Å². The lowest BCUT2D eigenvalue weighted by molar-refractivity contribution is 0.288. The highest BCUT2D eigenvalue weighted by atomic mass is 79.9. The number of hydrogen-bond acceptors (Lipinski definition) is 3. The van der Waals surface area contributed by atoms with Crippen molar-refractivity contribution in [2.75, 3.05) is 6.61 Å². The standard InChI is InChI=1S/C14H22BrNOS/c1-3-13(16)14(18-10(2)7-8-17)11-5-4-6-12(15)9-11/h4-6,9-10,13-14,17H,3,7-8,16H2,1-2H3. The molecule has 0 amide bonds. The maximum atomic E-state index is 9.01. The van der Waals surface area contributed by atoms with E-state index in [0.717, 1.165) is 17.3 Å². The van der Waals surface area contributed by atoms with Crippen molar-refractivity contribution in [3.63, 3.8) is 0 Å². The van der Waals surface area contributed by atoms with Gasteiger partial charge in [0, 0.05) is 27.6 Å². The van der Waals surface area contributed by atoms with Crippen molar-refractivity contribution in [2.24, 2.45) is 5.73 Å². The van der Waals surface area contributed by atoms with E-state index in [1.807, 2.05) is 23.9 Å². The van der Waals surface area contributed by atoms with Crippen LogP contribution in [0.3, 0.4) is 0 Å². The van der Waals surface area contributed by atoms with E-state index in [0.29, 0.717) is 5.25 Å². The van der Waals surface area contributed by atoms with Crippen molar-refractivity contribution >= 4 is 27.7 Å². The van der Waals surface area contributed by atoms with Crippen molar-refractivity contribution in [2.45, 2.75) is 43.2 Å². The number of benzene rings is 1. The van der Waals surface area contributed by atoms with Gasteiger partial charge in [0.2, 0.25) is 0 Å². The molecule has 0 radical (unpaired) electrons. The molecule has 1 rings (SSSR count). The molecule has 0 fully saturated rings. The zero-order chi connectivity index (χ0) is 13.5. The highest BCUT2D eigenvalue weighted by Crippen LogP contribution is 2.37. The zero-order valence-electron chi connectivity index (χ0n) is 11.0. The van der Waals surface area contributed by atoms with Gasteiger partial charge in [0.15, 0.2) is 0 Å². The molecule has 0 bridgehead atoms. The van der Waals surface area contributed by atoms with Gasteiger partial charge in [-0.2, -0.15) is 0 Å². The Bertz CT molecular complexity index is 361. The summed E-state index contributed by atoms with van der Waals surface area (Å²) in [4.78, 5) is 0. The van der Waals surface area contributed by atoms with Gasteiger partial charge in [0.25, 0.3) is 0 Å². The Hall–Kier alpha value is -0.0300. The molecule has 0 aromatic heterocycles. The van der Waals surface area contributed by atoms with Gasteiger partial charge < -0.3 is 10.8 Å². The fourth-order valence-corrected chi connectivity index (χ4v) is 3.68. The Morgan fingerprint density at radius 2 is 2.17 bits per heavy atom. The fourth-order valence-electron chi connectivity index (χ4n) is 1.82. The van der Waals surface area contributed by atoms with E-state index in [1.54, 1.807) is 0 Å². The van der Waals surface area contributed by atoms with Gasteiger partial charge in [-0.15, -0.1) is 11.8 Å². The summed E-state index contributed by atoms with van der Waals surface area (Å²) in [5.41, 5.74) is 7.50. The second-order valence-electron chi connectivity index (χ2n) is 4.51. The Morgan fingerprint density at radius 3 is 2.72 bits per heavy atom. The monoisotopic (exact) mass is 331 g/mol. The summed E-state index contributed by atoms with van der Waals surface area (Å²) < 4.78 is 1.09. The summed E-state index contributed by atoms with van der Waals surface area (Å²) in [7, 11) is 0. The predicted octanol–water partition coefficient (Wildman–Crippen LogP) is 3.73. The third-order valence-corrected chi connectivity index (χ3v) is 5.06. The van der Waals surface area contributed by atoms with Crippen molar-refractivity contribution < 1.29 is 5.11 Å². The molecule has 1 aromatic rings. The molecule has 3 N–H and O–H groups in total. The Morgan fingerprint density at radius 1 is 1.44 bits per heavy atom. The molecule has 3 unspecified atom stereocenters. The minimum absolute atomic E-state index is 0.144. The Balaban J connectivity index is 2.84. The van der Waals surface area contributed by atoms with Gasteiger partial charge in [-0.25, -0.2) is 0 Å². The molecule has 0 aliphatic carbocycles. The maximum absolute atomic E-state index is 9.01. The Labute approximate surface area is 122 Å². The van der Waals surface area contributed by atoms with Crippen LogP contribution in [0.15, 0.2) is 28.7 Å². The largest absolute Gasteiger partial charge is 0.396 e. The van der Waals surface area contributed by atoms with Crippen LogP contribution in [0.5, 0.6) is 0 Å². The summed E-state index contributed by atoms with van der Waals surface area (Å²) in [6.07, 6.45) is 1.77. The molecule has 2 nitrogen and oxygen atoms in total. The van der Waals surface area contributed by atoms with E-state index < -0.39 is 0 Å². The SMILES string of the molecule is CCC(N)C(SC(C)CCO)c1cccc(Br)c1. The molecule has 102 valence electrons. The van der Waals surface area contributed by atoms with E-state index in [4.69, 9.17) is 10.8 Å². The Kier molecular flexibility index (Phi) is 7.30. The fraction of sp³-hybridized carbons (Fsp3) is 0.571. The lowest BCUT2D eigenvalue weighted by Crippen LogP contribution is -2.27. The molecule has 0 saturated carbocycles. The number of nitrogens with two attached hydrogens (primary N) is 1. The summed E-state index contributed by atoms with van der Waals surface area (Å²) in [6, 6.07) is 8.49. The smallest absolute Gasteiger partial charge is 0.0451 e. The van der Waals surface area contributed by atoms with E-state index in [2.05, 4.69) is 41.9 Å². The minimum Gasteiger partial charge on any atom is -0.396 e. The van der Waals surface area contributed by atoms with Crippen LogP contribution in [0.25, 0.3) is 0 Å². The topological polar surface area (TPSA) is 46.2 Å². The van der Waals surface area contributed by atoms with Crippen molar-refractivity contribution in [3.05, 3.63) is 34.3 Å². The van der Waals surface area contributed by atoms with Gasteiger partial charge in [0.1, 0.15) is 0 Å². The highest BCUT2D eigenvalue weighted by Gasteiger charge is 2.21. The summed E-state index contributed by atoms with van der Waals surface area (Å²) in [6.45, 7) is 4.50. The van der Waals surface area contributed by atoms with Gasteiger partial charge in [-0.1, -0.05) is 41.9 Å². The molecule has 0 aliphatic rings. The van der Waals surface area contributed by atoms with Crippen LogP contribution in [0.2, 0.25) is 0 Å². The summed E-state index contributed by atoms with van der Waals surface area (Å²) in [5, 5.41) is 9.71. The predicted molar refractivity (Wildman–Crippen MR) is 83.9 cm³/mol. The van der Waals surface area contributed by atoms with Crippen LogP contribution < -0.4 is 5.73 Å². The second-order valence-corrected chi connectivity index (χ2v) is 7.01. The average Bonchev–Trinajstić information content (AvgIpc) is 2.35. The van der Waals surface area contributed by atoms with Gasteiger partial charge in [-0.3, -0.25) is 0 Å². The van der Waals surface area contributed by atoms with Crippen molar-refractivity contribution in [1.82, 2.24) is 0 Å². The van der Waals surface area contributed by atoms with E-state index >= 15 is 0 Å². The van der Waals surface area contributed by atoms with Crippen LogP contribution in [0.4, 0.5) is 0 Å². The van der Waals surface area contributed by atoms with Gasteiger partial charge in [-0.05, 0) is 30.5 Å². The van der Waals surface area contributed by atoms with Crippen LogP contribution in [-0.2, 0) is 0 Å². The molecule has 0 aliphatic heterocycles. The molecular weight excluding hydrogens is 310 g/mol. The van der Waals surface area contributed by atoms with Crippen LogP contribution in [0, 0.1) is 0 Å². The van der Waals surface area contributed by atoms with Crippen molar-refractivity contribution in [3.8, 4) is 0 Å². The van der Waals surface area contributed by atoms with E-state index in [1.165, 1.54) is 5.56 Å². The summed E-state index contributed by atoms with van der Waals surface area (Å²) >= 11 is 5.37. The molecular formula is C14H22BrNOS. The van der Waals surface area contributed by atoms with E-state index in [9.17, 15) is 0 Å². The number of rotatable bonds is 7. The normalized spacial score (nSPS) is 16.3. The second kappa shape index (κ2) is 8.20. The van der Waals surface area contributed by atoms with Crippen LogP contribution in [-0.4, -0.2) is 23.0 Å². The number of hydrogen-bond donors (Lipinski definition) is 2. The zero-order valence-corrected chi connectivity index (χ0v) is 13.4. The molecule has 3 atom stereocenters. The van der Waals surface area contributed by atoms with E-state index in [-0.39, 0.29) is 17.9 Å². The first kappa shape index (κ1) is 16.0. The lowest BCUT2D eigenvalue weighted by atomic mass is 10.0. The maximum Gasteiger partial charge on any atom is 0.0451 e. The molecule has 0 saturated heterocycles. The number of aliphatic hydroxyl groups is 1. The van der Waals surface area contributed by atoms with Gasteiger partial charge >= 0.3 is 0 Å². The lowest BCUT2D eigenvalue weighted by Gasteiger charge is -2.26. The first-order chi connectivity index (χ1) is 8.58. The van der Waals surface area contributed by atoms with Crippen LogP contribution in [0.1, 0.15) is 37.5 Å². The molecule has 0 heterocycles. The number of thioether (sulfide) groups is 1. The quantitative estimate of drug-likeness (QED) is 0.800. The third-order valence-electron chi connectivity index (χ3n) is 2.95. The number of halogens is 1. The summed E-state index contributed by atoms with van der Waals surface area (Å²) in [5.74, 6) is 0. The molecule has 18 heavy (non-hydrogen) atoms. The third kappa shape index (κ3) is 4.92. The minimum atomic E-state index is 0.144. The molecule has 0 spiro atoms. The molecule has 4 heteroatoms. The first-order valence-corrected chi connectivity index (χ1v) is 8.09. The average molecular weight is 332 g/mol. The van der Waals surface area contributed by atoms with Crippen molar-refractivity contribution in [1.29, 1.82) is 0 Å². The molecule has 1 aromatic carbocycles. The first-order valence-electron chi connectivity index (χ1n) is 6.35. The van der Waals surface area contributed by atoms with Gasteiger partial charge in [0.05, 0.1) is 0 Å². The number of aliphatic hydroxyl groups excluding tert-OH is 1.